The SMILES string of the molecule is CN1C(=O)C2C(=NC(=S)N2Cc2c(F)cccc2Cl)N(C)C1=O. The first-order valence-electron chi connectivity index (χ1n) is 6.70. The van der Waals surface area contributed by atoms with Crippen molar-refractivity contribution in [2.45, 2.75) is 12.6 Å². The van der Waals surface area contributed by atoms with E-state index in [-0.39, 0.29) is 28.1 Å². The number of carbonyl (C=O) groups is 2. The van der Waals surface area contributed by atoms with Gasteiger partial charge in [0.2, 0.25) is 0 Å². The van der Waals surface area contributed by atoms with Crippen molar-refractivity contribution in [2.24, 2.45) is 4.99 Å². The van der Waals surface area contributed by atoms with Gasteiger partial charge >= 0.3 is 6.03 Å². The summed E-state index contributed by atoms with van der Waals surface area (Å²) in [5, 5.41) is 0.356. The molecule has 1 saturated heterocycles. The summed E-state index contributed by atoms with van der Waals surface area (Å²) in [5.41, 5.74) is 0.225. The Morgan fingerprint density at radius 2 is 2.00 bits per heavy atom. The maximum Gasteiger partial charge on any atom is 0.331 e. The van der Waals surface area contributed by atoms with Crippen LogP contribution in [0.4, 0.5) is 9.18 Å². The molecule has 1 aromatic rings. The van der Waals surface area contributed by atoms with Gasteiger partial charge in [0.15, 0.2) is 11.2 Å². The van der Waals surface area contributed by atoms with Crippen LogP contribution in [-0.4, -0.2) is 57.7 Å². The number of aliphatic imine (C=N–C) groups is 1. The number of likely N-dealkylation sites (N-methyl/N-ethyl adjacent to an activating group) is 2. The van der Waals surface area contributed by atoms with E-state index in [1.165, 1.54) is 36.0 Å². The third kappa shape index (κ3) is 2.38. The molecule has 0 radical (unpaired) electrons. The highest BCUT2D eigenvalue weighted by Gasteiger charge is 2.48. The second-order valence-electron chi connectivity index (χ2n) is 5.22. The summed E-state index contributed by atoms with van der Waals surface area (Å²) >= 11 is 11.2. The lowest BCUT2D eigenvalue weighted by Crippen LogP contribution is -2.62. The van der Waals surface area contributed by atoms with Crippen LogP contribution in [0.1, 0.15) is 5.56 Å². The van der Waals surface area contributed by atoms with E-state index < -0.39 is 23.8 Å². The van der Waals surface area contributed by atoms with E-state index in [0.29, 0.717) is 0 Å². The highest BCUT2D eigenvalue weighted by Crippen LogP contribution is 2.28. The Balaban J connectivity index is 1.98. The average Bonchev–Trinajstić information content (AvgIpc) is 2.84. The van der Waals surface area contributed by atoms with Crippen molar-refractivity contribution in [2.75, 3.05) is 14.1 Å². The molecule has 1 unspecified atom stereocenters. The topological polar surface area (TPSA) is 56.2 Å². The maximum atomic E-state index is 14.0. The first kappa shape index (κ1) is 15.8. The molecule has 3 rings (SSSR count). The van der Waals surface area contributed by atoms with Crippen LogP contribution >= 0.6 is 23.8 Å². The smallest absolute Gasteiger partial charge is 0.324 e. The number of imide groups is 1. The lowest BCUT2D eigenvalue weighted by molar-refractivity contribution is -0.130. The Hall–Kier alpha value is -2.06. The molecule has 23 heavy (non-hydrogen) atoms. The molecule has 1 aromatic carbocycles. The van der Waals surface area contributed by atoms with Gasteiger partial charge in [0.1, 0.15) is 11.7 Å². The van der Waals surface area contributed by atoms with Crippen molar-refractivity contribution in [3.63, 3.8) is 0 Å². The Morgan fingerprint density at radius 1 is 1.30 bits per heavy atom. The first-order chi connectivity index (χ1) is 10.8. The molecule has 2 aliphatic heterocycles. The monoisotopic (exact) mass is 354 g/mol. The van der Waals surface area contributed by atoms with Crippen LogP contribution in [0.3, 0.4) is 0 Å². The molecule has 0 N–H and O–H groups in total. The Labute approximate surface area is 142 Å². The number of urea groups is 1. The van der Waals surface area contributed by atoms with E-state index in [1.54, 1.807) is 6.07 Å². The number of nitrogens with zero attached hydrogens (tertiary/aromatic N) is 4. The second kappa shape index (κ2) is 5.54. The Bertz CT molecular complexity index is 749. The summed E-state index contributed by atoms with van der Waals surface area (Å²) in [6.45, 7) is -0.0103. The molecule has 0 aliphatic carbocycles. The van der Waals surface area contributed by atoms with Crippen molar-refractivity contribution in [3.8, 4) is 0 Å². The third-order valence-electron chi connectivity index (χ3n) is 3.88. The van der Waals surface area contributed by atoms with E-state index in [4.69, 9.17) is 23.8 Å². The summed E-state index contributed by atoms with van der Waals surface area (Å²) < 4.78 is 14.0. The Kier molecular flexibility index (Phi) is 3.81. The predicted octanol–water partition coefficient (Wildman–Crippen LogP) is 1.87. The van der Waals surface area contributed by atoms with Gasteiger partial charge in [-0.1, -0.05) is 17.7 Å². The molecule has 0 spiro atoms. The van der Waals surface area contributed by atoms with Gasteiger partial charge in [-0.25, -0.2) is 14.2 Å². The normalized spacial score (nSPS) is 21.0. The van der Waals surface area contributed by atoms with Gasteiger partial charge < -0.3 is 4.90 Å². The van der Waals surface area contributed by atoms with E-state index in [9.17, 15) is 14.0 Å². The lowest BCUT2D eigenvalue weighted by atomic mass is 10.1. The number of thiocarbonyl (C=S) groups is 1. The number of halogens is 2. The number of carbonyl (C=O) groups excluding carboxylic acids is 2. The fraction of sp³-hybridized carbons (Fsp3) is 0.286. The molecule has 2 heterocycles. The minimum absolute atomic E-state index is 0.0103. The van der Waals surface area contributed by atoms with Gasteiger partial charge in [-0.05, 0) is 24.4 Å². The molecule has 9 heteroatoms. The number of hydrogen-bond donors (Lipinski definition) is 0. The summed E-state index contributed by atoms with van der Waals surface area (Å²) in [4.78, 5) is 32.3. The zero-order valence-corrected chi connectivity index (χ0v) is 13.9. The van der Waals surface area contributed by atoms with Crippen LogP contribution in [0, 0.1) is 5.82 Å². The lowest BCUT2D eigenvalue weighted by Gasteiger charge is -2.36. The zero-order valence-electron chi connectivity index (χ0n) is 12.3. The fourth-order valence-electron chi connectivity index (χ4n) is 2.59. The third-order valence-corrected chi connectivity index (χ3v) is 4.56. The Morgan fingerprint density at radius 3 is 2.65 bits per heavy atom. The minimum atomic E-state index is -0.856. The first-order valence-corrected chi connectivity index (χ1v) is 7.49. The van der Waals surface area contributed by atoms with Gasteiger partial charge in [-0.3, -0.25) is 14.6 Å². The number of benzene rings is 1. The van der Waals surface area contributed by atoms with Gasteiger partial charge in [0, 0.05) is 24.7 Å². The van der Waals surface area contributed by atoms with Gasteiger partial charge in [-0.2, -0.15) is 0 Å². The highest BCUT2D eigenvalue weighted by atomic mass is 35.5. The van der Waals surface area contributed by atoms with Crippen LogP contribution in [0.15, 0.2) is 23.2 Å². The summed E-state index contributed by atoms with van der Waals surface area (Å²) in [5.74, 6) is -0.704. The molecule has 3 amide bonds. The number of amides is 3. The molecule has 6 nitrogen and oxygen atoms in total. The van der Waals surface area contributed by atoms with Crippen molar-refractivity contribution in [1.29, 1.82) is 0 Å². The molecule has 0 aromatic heterocycles. The van der Waals surface area contributed by atoms with Crippen LogP contribution in [0.2, 0.25) is 5.02 Å². The predicted molar refractivity (Wildman–Crippen MR) is 86.7 cm³/mol. The molecular weight excluding hydrogens is 343 g/mol. The number of fused-ring (bicyclic) bond motifs is 1. The second-order valence-corrected chi connectivity index (χ2v) is 5.99. The zero-order chi connectivity index (χ0) is 16.9. The molecule has 1 fully saturated rings. The van der Waals surface area contributed by atoms with Crippen molar-refractivity contribution in [1.82, 2.24) is 14.7 Å². The van der Waals surface area contributed by atoms with Crippen molar-refractivity contribution in [3.05, 3.63) is 34.6 Å². The van der Waals surface area contributed by atoms with E-state index in [1.807, 2.05) is 0 Å². The van der Waals surface area contributed by atoms with Crippen LogP contribution in [0.25, 0.3) is 0 Å². The molecule has 2 aliphatic rings. The van der Waals surface area contributed by atoms with E-state index >= 15 is 0 Å². The van der Waals surface area contributed by atoms with Gasteiger partial charge in [0.05, 0.1) is 6.54 Å². The molecule has 120 valence electrons. The van der Waals surface area contributed by atoms with Gasteiger partial charge in [-0.15, -0.1) is 0 Å². The summed E-state index contributed by atoms with van der Waals surface area (Å²) in [6.07, 6.45) is 0. The molecule has 1 atom stereocenters. The van der Waals surface area contributed by atoms with Crippen molar-refractivity contribution < 1.29 is 14.0 Å². The summed E-state index contributed by atoms with van der Waals surface area (Å²) in [7, 11) is 2.90. The molecule has 0 saturated carbocycles. The standard InChI is InChI=1S/C14H12ClFN4O2S/c1-18-11-10(12(21)19(2)14(18)22)20(13(23)17-11)6-7-8(15)4-3-5-9(7)16/h3-5,10H,6H2,1-2H3. The minimum Gasteiger partial charge on any atom is -0.324 e. The largest absolute Gasteiger partial charge is 0.331 e. The van der Waals surface area contributed by atoms with E-state index in [0.717, 1.165) is 4.90 Å². The molecule has 0 bridgehead atoms. The quantitative estimate of drug-likeness (QED) is 0.761. The average molecular weight is 355 g/mol. The number of hydrogen-bond acceptors (Lipinski definition) is 3. The highest BCUT2D eigenvalue weighted by molar-refractivity contribution is 7.80. The molecular formula is C14H12ClFN4O2S. The van der Waals surface area contributed by atoms with Crippen LogP contribution in [0.5, 0.6) is 0 Å². The van der Waals surface area contributed by atoms with Crippen LogP contribution in [-0.2, 0) is 11.3 Å². The number of amidine groups is 1. The maximum absolute atomic E-state index is 14.0. The van der Waals surface area contributed by atoms with Crippen LogP contribution < -0.4 is 0 Å². The van der Waals surface area contributed by atoms with E-state index in [2.05, 4.69) is 4.99 Å². The number of rotatable bonds is 2. The van der Waals surface area contributed by atoms with Crippen molar-refractivity contribution >= 4 is 46.7 Å². The fourth-order valence-corrected chi connectivity index (χ4v) is 3.07. The van der Waals surface area contributed by atoms with Gasteiger partial charge in [0.25, 0.3) is 5.91 Å². The summed E-state index contributed by atoms with van der Waals surface area (Å²) in [6, 6.07) is 3.00.